The first kappa shape index (κ1) is 23.3. The number of para-hydroxylation sites is 1. The number of benzene rings is 2. The molecule has 9 heteroatoms. The van der Waals surface area contributed by atoms with Crippen LogP contribution in [-0.4, -0.2) is 27.9 Å². The molecule has 5 aromatic rings. The van der Waals surface area contributed by atoms with Gasteiger partial charge in [0.2, 0.25) is 0 Å². The summed E-state index contributed by atoms with van der Waals surface area (Å²) in [5.74, 6) is -0.0853. The number of furan rings is 2. The number of esters is 1. The summed E-state index contributed by atoms with van der Waals surface area (Å²) < 4.78 is 16.6. The number of hydrogen-bond acceptors (Lipinski definition) is 7. The molecule has 36 heavy (non-hydrogen) atoms. The molecule has 0 bridgehead atoms. The first-order chi connectivity index (χ1) is 17.5. The zero-order valence-corrected chi connectivity index (χ0v) is 19.9. The van der Waals surface area contributed by atoms with Crippen LogP contribution in [0.5, 0.6) is 0 Å². The minimum absolute atomic E-state index is 0.233. The molecule has 3 heterocycles. The van der Waals surface area contributed by atoms with Gasteiger partial charge in [-0.1, -0.05) is 30.7 Å². The van der Waals surface area contributed by atoms with E-state index in [-0.39, 0.29) is 12.0 Å². The summed E-state index contributed by atoms with van der Waals surface area (Å²) in [5.41, 5.74) is 2.67. The van der Waals surface area contributed by atoms with Gasteiger partial charge in [-0.2, -0.15) is 0 Å². The third-order valence-electron chi connectivity index (χ3n) is 5.45. The Bertz CT molecular complexity index is 1530. The summed E-state index contributed by atoms with van der Waals surface area (Å²) in [7, 11) is 0. The van der Waals surface area contributed by atoms with Crippen molar-refractivity contribution >= 4 is 40.2 Å². The second-order valence-electron chi connectivity index (χ2n) is 7.85. The van der Waals surface area contributed by atoms with Gasteiger partial charge < -0.3 is 18.9 Å². The molecule has 1 amide bonds. The van der Waals surface area contributed by atoms with E-state index in [0.29, 0.717) is 44.7 Å². The maximum Gasteiger partial charge on any atom is 0.338 e. The van der Waals surface area contributed by atoms with E-state index in [4.69, 9.17) is 30.2 Å². The minimum atomic E-state index is -1.00. The summed E-state index contributed by atoms with van der Waals surface area (Å²) in [5, 5.41) is 3.09. The van der Waals surface area contributed by atoms with Crippen molar-refractivity contribution in [1.82, 2.24) is 9.97 Å². The Balaban J connectivity index is 1.42. The smallest absolute Gasteiger partial charge is 0.338 e. The average molecular weight is 502 g/mol. The van der Waals surface area contributed by atoms with Gasteiger partial charge in [0.05, 0.1) is 39.8 Å². The van der Waals surface area contributed by atoms with Crippen LogP contribution in [0.2, 0.25) is 5.02 Å². The zero-order chi connectivity index (χ0) is 25.1. The molecule has 0 aliphatic rings. The highest BCUT2D eigenvalue weighted by molar-refractivity contribution is 6.33. The van der Waals surface area contributed by atoms with E-state index < -0.39 is 18.0 Å². The normalized spacial score (nSPS) is 11.8. The third kappa shape index (κ3) is 4.71. The van der Waals surface area contributed by atoms with E-state index in [1.54, 1.807) is 86.2 Å². The van der Waals surface area contributed by atoms with Gasteiger partial charge >= 0.3 is 5.97 Å². The second-order valence-corrected chi connectivity index (χ2v) is 8.26. The summed E-state index contributed by atoms with van der Waals surface area (Å²) in [6, 6.07) is 18.7. The van der Waals surface area contributed by atoms with Gasteiger partial charge in [-0.25, -0.2) is 14.8 Å². The number of nitrogens with one attached hydrogen (secondary N) is 1. The van der Waals surface area contributed by atoms with E-state index >= 15 is 0 Å². The van der Waals surface area contributed by atoms with Crippen LogP contribution in [0, 0.1) is 0 Å². The van der Waals surface area contributed by atoms with Crippen LogP contribution in [-0.2, 0) is 9.53 Å². The molecular weight excluding hydrogens is 482 g/mol. The van der Waals surface area contributed by atoms with Crippen LogP contribution in [0.15, 0.2) is 88.1 Å². The molecule has 0 saturated carbocycles. The molecule has 3 aromatic heterocycles. The number of anilines is 1. The summed E-state index contributed by atoms with van der Waals surface area (Å²) in [6.45, 7) is 1.75. The summed E-state index contributed by atoms with van der Waals surface area (Å²) in [6.07, 6.45) is 2.37. The predicted octanol–water partition coefficient (Wildman–Crippen LogP) is 6.38. The molecule has 0 radical (unpaired) electrons. The van der Waals surface area contributed by atoms with Crippen LogP contribution < -0.4 is 5.32 Å². The van der Waals surface area contributed by atoms with Crippen LogP contribution >= 0.6 is 11.6 Å². The minimum Gasteiger partial charge on any atom is -0.463 e. The molecule has 8 nitrogen and oxygen atoms in total. The Labute approximate surface area is 210 Å². The molecular formula is C27H20ClN3O5. The molecule has 0 aliphatic heterocycles. The number of carbonyl (C=O) groups is 2. The quantitative estimate of drug-likeness (QED) is 0.258. The number of ether oxygens (including phenoxy) is 1. The lowest BCUT2D eigenvalue weighted by Crippen LogP contribution is -2.32. The van der Waals surface area contributed by atoms with Crippen LogP contribution in [0.4, 0.5) is 5.69 Å². The molecule has 1 atom stereocenters. The Morgan fingerprint density at radius 1 is 0.917 bits per heavy atom. The Hall–Kier alpha value is -4.43. The fraction of sp³-hybridized carbons (Fsp3) is 0.111. The van der Waals surface area contributed by atoms with Crippen molar-refractivity contribution in [2.75, 3.05) is 5.32 Å². The van der Waals surface area contributed by atoms with Crippen molar-refractivity contribution in [1.29, 1.82) is 0 Å². The van der Waals surface area contributed by atoms with Gasteiger partial charge in [0.1, 0.15) is 11.4 Å². The molecule has 0 spiro atoms. The lowest BCUT2D eigenvalue weighted by atomic mass is 10.1. The zero-order valence-electron chi connectivity index (χ0n) is 19.1. The van der Waals surface area contributed by atoms with Gasteiger partial charge in [0.25, 0.3) is 5.91 Å². The SMILES string of the molecule is CCC(OC(=O)c1ccc2nc(-c3ccco3)c(-c3ccco3)nc2c1)C(=O)Nc1ccccc1Cl. The maximum absolute atomic E-state index is 12.9. The van der Waals surface area contributed by atoms with Crippen molar-refractivity contribution in [3.05, 3.63) is 89.8 Å². The fourth-order valence-corrected chi connectivity index (χ4v) is 3.83. The van der Waals surface area contributed by atoms with E-state index in [1.165, 1.54) is 0 Å². The molecule has 180 valence electrons. The molecule has 0 aliphatic carbocycles. The van der Waals surface area contributed by atoms with Crippen LogP contribution in [0.25, 0.3) is 33.9 Å². The van der Waals surface area contributed by atoms with Gasteiger partial charge in [-0.3, -0.25) is 4.79 Å². The number of amides is 1. The monoisotopic (exact) mass is 501 g/mol. The molecule has 0 saturated heterocycles. The second kappa shape index (κ2) is 10.1. The van der Waals surface area contributed by atoms with Crippen molar-refractivity contribution in [3.8, 4) is 22.9 Å². The first-order valence-corrected chi connectivity index (χ1v) is 11.6. The predicted molar refractivity (Wildman–Crippen MR) is 135 cm³/mol. The Morgan fingerprint density at radius 3 is 2.19 bits per heavy atom. The number of halogens is 1. The van der Waals surface area contributed by atoms with Crippen molar-refractivity contribution in [2.45, 2.75) is 19.4 Å². The molecule has 2 aromatic carbocycles. The van der Waals surface area contributed by atoms with Crippen LogP contribution in [0.3, 0.4) is 0 Å². The third-order valence-corrected chi connectivity index (χ3v) is 5.78. The number of fused-ring (bicyclic) bond motifs is 1. The first-order valence-electron chi connectivity index (χ1n) is 11.2. The molecule has 1 unspecified atom stereocenters. The lowest BCUT2D eigenvalue weighted by Gasteiger charge is -2.17. The van der Waals surface area contributed by atoms with Crippen molar-refractivity contribution in [2.24, 2.45) is 0 Å². The number of rotatable bonds is 7. The van der Waals surface area contributed by atoms with Gasteiger partial charge in [-0.05, 0) is 61.0 Å². The number of nitrogens with zero attached hydrogens (tertiary/aromatic N) is 2. The Kier molecular flexibility index (Phi) is 6.51. The highest BCUT2D eigenvalue weighted by atomic mass is 35.5. The fourth-order valence-electron chi connectivity index (χ4n) is 3.65. The average Bonchev–Trinajstić information content (AvgIpc) is 3.62. The van der Waals surface area contributed by atoms with E-state index in [1.807, 2.05) is 0 Å². The topological polar surface area (TPSA) is 107 Å². The van der Waals surface area contributed by atoms with E-state index in [0.717, 1.165) is 0 Å². The number of aromatic nitrogens is 2. The standard InChI is InChI=1S/C27H20ClN3O5/c1-2-21(26(32)31-18-8-4-3-7-17(18)28)36-27(33)16-11-12-19-20(15-16)30-25(23-10-6-14-35-23)24(29-19)22-9-5-13-34-22/h3-15,21H,2H2,1H3,(H,31,32). The number of carbonyl (C=O) groups excluding carboxylic acids is 2. The highest BCUT2D eigenvalue weighted by Gasteiger charge is 2.24. The van der Waals surface area contributed by atoms with E-state index in [9.17, 15) is 9.59 Å². The molecule has 5 rings (SSSR count). The number of hydrogen-bond donors (Lipinski definition) is 1. The Morgan fingerprint density at radius 2 is 1.58 bits per heavy atom. The van der Waals surface area contributed by atoms with Crippen molar-refractivity contribution in [3.63, 3.8) is 0 Å². The van der Waals surface area contributed by atoms with Gasteiger partial charge in [0, 0.05) is 0 Å². The van der Waals surface area contributed by atoms with Gasteiger partial charge in [0.15, 0.2) is 17.6 Å². The lowest BCUT2D eigenvalue weighted by molar-refractivity contribution is -0.124. The highest BCUT2D eigenvalue weighted by Crippen LogP contribution is 2.32. The molecule has 1 N–H and O–H groups in total. The summed E-state index contributed by atoms with van der Waals surface area (Å²) in [4.78, 5) is 35.0. The van der Waals surface area contributed by atoms with Crippen molar-refractivity contribution < 1.29 is 23.2 Å². The summed E-state index contributed by atoms with van der Waals surface area (Å²) >= 11 is 6.12. The van der Waals surface area contributed by atoms with Crippen LogP contribution in [0.1, 0.15) is 23.7 Å². The maximum atomic E-state index is 12.9. The molecule has 0 fully saturated rings. The van der Waals surface area contributed by atoms with E-state index in [2.05, 4.69) is 10.3 Å². The largest absolute Gasteiger partial charge is 0.463 e. The van der Waals surface area contributed by atoms with Gasteiger partial charge in [-0.15, -0.1) is 0 Å².